The van der Waals surface area contributed by atoms with Crippen LogP contribution in [0.1, 0.15) is 88.8 Å². The van der Waals surface area contributed by atoms with Crippen molar-refractivity contribution >= 4 is 6.09 Å². The molecule has 0 radical (unpaired) electrons. The van der Waals surface area contributed by atoms with Gasteiger partial charge in [0.2, 0.25) is 0 Å². The third-order valence-corrected chi connectivity index (χ3v) is 5.29. The highest BCUT2D eigenvalue weighted by Crippen LogP contribution is 2.29. The van der Waals surface area contributed by atoms with E-state index in [4.69, 9.17) is 10.00 Å². The van der Waals surface area contributed by atoms with Crippen molar-refractivity contribution in [1.82, 2.24) is 5.32 Å². The molecule has 1 aliphatic rings. The lowest BCUT2D eigenvalue weighted by molar-refractivity contribution is 0.0590. The summed E-state index contributed by atoms with van der Waals surface area (Å²) >= 11 is 0. The van der Waals surface area contributed by atoms with Crippen molar-refractivity contribution in [1.29, 1.82) is 5.26 Å². The Kier molecular flexibility index (Phi) is 16.2. The first-order chi connectivity index (χ1) is 14.4. The number of nitriles is 1. The molecule has 0 saturated heterocycles. The number of hydrogen-bond acceptors (Lipinski definition) is 3. The van der Waals surface area contributed by atoms with Crippen LogP contribution in [0.2, 0.25) is 0 Å². The van der Waals surface area contributed by atoms with Gasteiger partial charge >= 0.3 is 6.09 Å². The smallest absolute Gasteiger partial charge is 0.407 e. The first-order valence-electron chi connectivity index (χ1n) is 11.4. The van der Waals surface area contributed by atoms with Crippen LogP contribution in [0.4, 0.5) is 4.79 Å². The zero-order chi connectivity index (χ0) is 22.8. The molecule has 0 aromatic heterocycles. The highest BCUT2D eigenvalue weighted by molar-refractivity contribution is 5.66. The van der Waals surface area contributed by atoms with E-state index < -0.39 is 0 Å². The molecule has 1 aromatic rings. The van der Waals surface area contributed by atoms with Crippen LogP contribution in [0.3, 0.4) is 0 Å². The number of nitrogens with zero attached hydrogens (tertiary/aromatic N) is 1. The van der Waals surface area contributed by atoms with Crippen molar-refractivity contribution < 1.29 is 9.53 Å². The quantitative estimate of drug-likeness (QED) is 0.516. The summed E-state index contributed by atoms with van der Waals surface area (Å²) in [5.41, 5.74) is 3.15. The average molecular weight is 415 g/mol. The van der Waals surface area contributed by atoms with Crippen molar-refractivity contribution in [2.45, 2.75) is 92.1 Å². The van der Waals surface area contributed by atoms with Crippen LogP contribution < -0.4 is 5.32 Å². The summed E-state index contributed by atoms with van der Waals surface area (Å²) in [6.07, 6.45) is 13.7. The summed E-state index contributed by atoms with van der Waals surface area (Å²) in [7, 11) is 1.61. The molecular formula is C26H42N2O2. The monoisotopic (exact) mass is 414 g/mol. The Morgan fingerprint density at radius 3 is 2.50 bits per heavy atom. The number of hydrogen-bond donors (Lipinski definition) is 1. The number of rotatable bonds is 5. The molecule has 1 fully saturated rings. The summed E-state index contributed by atoms with van der Waals surface area (Å²) in [5.74, 6) is 0.772. The molecule has 0 heterocycles. The fourth-order valence-corrected chi connectivity index (χ4v) is 3.36. The molecule has 1 saturated carbocycles. The molecule has 30 heavy (non-hydrogen) atoms. The highest BCUT2D eigenvalue weighted by atomic mass is 16.6. The Hall–Kier alpha value is -2.28. The maximum atomic E-state index is 11.1. The number of ether oxygens (including phenoxy) is 1. The molecule has 1 amide bonds. The van der Waals surface area contributed by atoms with Gasteiger partial charge in [0.25, 0.3) is 0 Å². The minimum absolute atomic E-state index is 0.153. The van der Waals surface area contributed by atoms with E-state index in [1.807, 2.05) is 39.0 Å². The fraction of sp³-hybridized carbons (Fsp3) is 0.615. The topological polar surface area (TPSA) is 62.1 Å². The second-order valence-corrected chi connectivity index (χ2v) is 7.84. The Morgan fingerprint density at radius 2 is 2.00 bits per heavy atom. The van der Waals surface area contributed by atoms with Gasteiger partial charge in [0.1, 0.15) is 6.10 Å². The van der Waals surface area contributed by atoms with Crippen LogP contribution in [0.15, 0.2) is 30.4 Å². The van der Waals surface area contributed by atoms with Gasteiger partial charge in [0, 0.05) is 7.05 Å². The van der Waals surface area contributed by atoms with Crippen LogP contribution in [0, 0.1) is 31.1 Å². The lowest BCUT2D eigenvalue weighted by atomic mass is 9.84. The molecule has 1 N–H and O–H groups in total. The van der Waals surface area contributed by atoms with Crippen molar-refractivity contribution in [3.8, 4) is 6.07 Å². The molecule has 0 aliphatic heterocycles. The maximum Gasteiger partial charge on any atom is 0.407 e. The van der Waals surface area contributed by atoms with Gasteiger partial charge in [-0.2, -0.15) is 5.26 Å². The molecule has 0 spiro atoms. The Morgan fingerprint density at radius 1 is 1.27 bits per heavy atom. The summed E-state index contributed by atoms with van der Waals surface area (Å²) in [4.78, 5) is 11.1. The van der Waals surface area contributed by atoms with Crippen LogP contribution in [-0.4, -0.2) is 19.2 Å². The van der Waals surface area contributed by atoms with Crippen molar-refractivity contribution in [3.05, 3.63) is 47.0 Å². The van der Waals surface area contributed by atoms with Gasteiger partial charge in [0.15, 0.2) is 0 Å². The third kappa shape index (κ3) is 13.0. The largest absolute Gasteiger partial charge is 0.446 e. The fourth-order valence-electron chi connectivity index (χ4n) is 3.36. The normalized spacial score (nSPS) is 17.6. The number of aryl methyl sites for hydroxylation is 2. The number of carbonyl (C=O) groups excluding carboxylic acids is 1. The molecule has 168 valence electrons. The zero-order valence-corrected chi connectivity index (χ0v) is 20.0. The Bertz CT molecular complexity index is 661. The van der Waals surface area contributed by atoms with Crippen molar-refractivity contribution in [2.75, 3.05) is 7.05 Å². The molecule has 2 rings (SSSR count). The van der Waals surface area contributed by atoms with E-state index >= 15 is 0 Å². The third-order valence-electron chi connectivity index (χ3n) is 5.29. The zero-order valence-electron chi connectivity index (χ0n) is 20.0. The minimum Gasteiger partial charge on any atom is -0.446 e. The molecule has 4 nitrogen and oxygen atoms in total. The minimum atomic E-state index is -0.281. The van der Waals surface area contributed by atoms with Gasteiger partial charge < -0.3 is 10.1 Å². The summed E-state index contributed by atoms with van der Waals surface area (Å²) in [6.45, 7) is 10.4. The summed E-state index contributed by atoms with van der Waals surface area (Å²) in [5, 5.41) is 11.0. The van der Waals surface area contributed by atoms with Crippen LogP contribution >= 0.6 is 0 Å². The van der Waals surface area contributed by atoms with Gasteiger partial charge in [-0.1, -0.05) is 57.7 Å². The predicted molar refractivity (Wildman–Crippen MR) is 127 cm³/mol. The number of amides is 1. The van der Waals surface area contributed by atoms with E-state index in [1.54, 1.807) is 7.05 Å². The van der Waals surface area contributed by atoms with E-state index in [-0.39, 0.29) is 12.2 Å². The lowest BCUT2D eigenvalue weighted by Gasteiger charge is -2.28. The van der Waals surface area contributed by atoms with E-state index in [9.17, 15) is 4.79 Å². The van der Waals surface area contributed by atoms with Crippen molar-refractivity contribution in [2.24, 2.45) is 5.92 Å². The average Bonchev–Trinajstić information content (AvgIpc) is 2.76. The standard InChI is InChI=1S/C12H23NO2.C9H9N.C5H10/c1-3-4-6-10-7-5-8-11(9-10)15-12(14)13-2;1-7-3-4-9(6-10)5-8(7)2;1-3-5-4-2/h10-11H,3-9H2,1-2H3,(H,13,14);3-5H,1-2H3;3,5H,4H2,1-2H3/b;;5-3-/t10-,11?;;/m0../s1. The van der Waals surface area contributed by atoms with Gasteiger partial charge in [-0.25, -0.2) is 4.79 Å². The SMILES string of the molecule is C/C=C\CC.CCCC[C@H]1CCCC(OC(=O)NC)C1.Cc1ccc(C#N)cc1C. The van der Waals surface area contributed by atoms with Crippen LogP contribution in [0.25, 0.3) is 0 Å². The van der Waals surface area contributed by atoms with Gasteiger partial charge in [0.05, 0.1) is 11.6 Å². The summed E-state index contributed by atoms with van der Waals surface area (Å²) < 4.78 is 5.30. The van der Waals surface area contributed by atoms with Gasteiger partial charge in [-0.05, 0) is 75.6 Å². The highest BCUT2D eigenvalue weighted by Gasteiger charge is 2.23. The molecule has 1 aliphatic carbocycles. The van der Waals surface area contributed by atoms with Gasteiger partial charge in [-0.3, -0.25) is 0 Å². The second-order valence-electron chi connectivity index (χ2n) is 7.84. The van der Waals surface area contributed by atoms with Gasteiger partial charge in [-0.15, -0.1) is 0 Å². The van der Waals surface area contributed by atoms with E-state index in [0.717, 1.165) is 30.7 Å². The molecule has 2 atom stereocenters. The second kappa shape index (κ2) is 17.6. The number of allylic oxidation sites excluding steroid dienone is 2. The number of alkyl carbamates (subject to hydrolysis) is 1. The molecule has 1 unspecified atom stereocenters. The first kappa shape index (κ1) is 27.7. The summed E-state index contributed by atoms with van der Waals surface area (Å²) in [6, 6.07) is 7.79. The molecular weight excluding hydrogens is 372 g/mol. The maximum absolute atomic E-state index is 11.1. The van der Waals surface area contributed by atoms with E-state index in [2.05, 4.69) is 37.4 Å². The predicted octanol–water partition coefficient (Wildman–Crippen LogP) is 7.24. The van der Waals surface area contributed by atoms with E-state index in [0.29, 0.717) is 0 Å². The number of unbranched alkanes of at least 4 members (excludes halogenated alkanes) is 1. The van der Waals surface area contributed by atoms with Crippen LogP contribution in [0.5, 0.6) is 0 Å². The molecule has 4 heteroatoms. The Balaban J connectivity index is 0.000000481. The number of nitrogens with one attached hydrogen (secondary N) is 1. The lowest BCUT2D eigenvalue weighted by Crippen LogP contribution is -2.30. The van der Waals surface area contributed by atoms with Crippen molar-refractivity contribution in [3.63, 3.8) is 0 Å². The van der Waals surface area contributed by atoms with E-state index in [1.165, 1.54) is 43.2 Å². The number of benzene rings is 1. The molecule has 1 aromatic carbocycles. The number of carbonyl (C=O) groups is 1. The van der Waals surface area contributed by atoms with Crippen LogP contribution in [-0.2, 0) is 4.74 Å². The Labute approximate surface area is 184 Å². The first-order valence-corrected chi connectivity index (χ1v) is 11.4. The molecule has 0 bridgehead atoms.